The minimum absolute atomic E-state index is 0. The van der Waals surface area contributed by atoms with Crippen LogP contribution in [0.4, 0.5) is 0 Å². The van der Waals surface area contributed by atoms with Crippen LogP contribution in [-0.2, 0) is 0 Å². The van der Waals surface area contributed by atoms with Crippen LogP contribution < -0.4 is 0 Å². The van der Waals surface area contributed by atoms with E-state index in [9.17, 15) is 0 Å². The Hall–Kier alpha value is 0. The van der Waals surface area contributed by atoms with Crippen LogP contribution in [-0.4, -0.2) is 0 Å². The van der Waals surface area contributed by atoms with E-state index in [0.717, 1.165) is 122 Å². The summed E-state index contributed by atoms with van der Waals surface area (Å²) in [5.74, 6) is 16.4. The third-order valence-corrected chi connectivity index (χ3v) is 31.8. The van der Waals surface area contributed by atoms with Gasteiger partial charge in [0, 0.05) is 0 Å². The van der Waals surface area contributed by atoms with Crippen molar-refractivity contribution in [1.29, 1.82) is 0 Å². The average Bonchev–Trinajstić information content (AvgIpc) is 1.65. The van der Waals surface area contributed by atoms with E-state index >= 15 is 0 Å². The van der Waals surface area contributed by atoms with Crippen molar-refractivity contribution >= 4 is 0 Å². The first-order valence-corrected chi connectivity index (χ1v) is 40.2. The third-order valence-electron chi connectivity index (χ3n) is 31.8. The molecule has 0 aromatic rings. The summed E-state index contributed by atoms with van der Waals surface area (Å²) >= 11 is 0. The molecule has 0 aliphatic heterocycles. The van der Waals surface area contributed by atoms with Gasteiger partial charge in [-0.15, -0.1) is 0 Å². The summed E-state index contributed by atoms with van der Waals surface area (Å²) in [5.41, 5.74) is 9.07. The van der Waals surface area contributed by atoms with Crippen molar-refractivity contribution in [3.63, 3.8) is 0 Å². The molecule has 89 heavy (non-hydrogen) atoms. The lowest BCUT2D eigenvalue weighted by Gasteiger charge is -2.67. The quantitative estimate of drug-likeness (QED) is 0.249. The van der Waals surface area contributed by atoms with Gasteiger partial charge in [-0.25, -0.2) is 0 Å². The second-order valence-electron chi connectivity index (χ2n) is 45.4. The van der Waals surface area contributed by atoms with Crippen LogP contribution in [0.15, 0.2) is 0 Å². The molecule has 0 aromatic heterocycles. The SMILES string of the molecule is C.CC(C)C12CC3(C)CC1CC(C)(C3)C2.CC(C)C12CC3CC(C)(CC(C)(C3)C1)C2.CC1CC2(C)CC(C(C)C)CC(C)(C1)C2.CC1CC2(C)CC(C(C)C)CC(C)(C1)C2.CC1CC2(C)CCCC(C(C)C)(C1)C2.CC1CC2CC(C)CC(C)(C1)C2C(C)C. The van der Waals surface area contributed by atoms with Gasteiger partial charge in [0.05, 0.1) is 0 Å². The van der Waals surface area contributed by atoms with Gasteiger partial charge in [0.1, 0.15) is 0 Å². The van der Waals surface area contributed by atoms with Crippen molar-refractivity contribution in [2.45, 2.75) is 393 Å². The molecule has 0 spiro atoms. The Balaban J connectivity index is 0.000000138. The van der Waals surface area contributed by atoms with Crippen LogP contribution in [0.3, 0.4) is 0 Å². The molecule has 0 aromatic carbocycles. The minimum Gasteiger partial charge on any atom is -0.0776 e. The summed E-state index contributed by atoms with van der Waals surface area (Å²) in [5, 5.41) is 0. The topological polar surface area (TPSA) is 0 Å². The Kier molecular flexibility index (Phi) is 21.9. The highest BCUT2D eigenvalue weighted by Crippen LogP contribution is 2.77. The lowest BCUT2D eigenvalue weighted by molar-refractivity contribution is -0.162. The fourth-order valence-corrected chi connectivity index (χ4v) is 32.2. The second kappa shape index (κ2) is 26.0. The maximum atomic E-state index is 2.58. The predicted octanol–water partition coefficient (Wildman–Crippen LogP) is 28.7. The van der Waals surface area contributed by atoms with Crippen molar-refractivity contribution in [2.75, 3.05) is 0 Å². The van der Waals surface area contributed by atoms with E-state index in [-0.39, 0.29) is 7.43 Å². The molecule has 0 amide bonds. The molecule has 520 valence electrons. The fourth-order valence-electron chi connectivity index (χ4n) is 32.2. The van der Waals surface area contributed by atoms with Gasteiger partial charge < -0.3 is 0 Å². The largest absolute Gasteiger partial charge is 0.0776 e. The normalized spacial score (nSPS) is 52.5. The van der Waals surface area contributed by atoms with Crippen LogP contribution in [0, 0.1) is 171 Å². The van der Waals surface area contributed by atoms with Crippen molar-refractivity contribution in [3.05, 3.63) is 0 Å². The second-order valence-corrected chi connectivity index (χ2v) is 45.4. The molecule has 0 heteroatoms. The monoisotopic (exact) mass is 1230 g/mol. The van der Waals surface area contributed by atoms with Gasteiger partial charge in [0.15, 0.2) is 0 Å². The zero-order chi connectivity index (χ0) is 65.2. The Labute approximate surface area is 561 Å². The lowest BCUT2D eigenvalue weighted by atomic mass is 9.38. The van der Waals surface area contributed by atoms with E-state index < -0.39 is 0 Å². The molecular formula is C89H164. The Morgan fingerprint density at radius 2 is 0.652 bits per heavy atom. The standard InChI is InChI=1S/C15H26.3C15H28.C14H24.C14H26.CH4/c1-11(2)15-7-12-5-13(3,9-15)8-14(4,6-12)10-15;2*1-11(2)13-8-14(4)6-12(3)7-15(5,9-13)10-14;1-10(2)14-13-6-11(3)8-15(14,5)9-12(4)7-13;1-10(2)14-8-12(3)5-11(14)6-13(4,7-12)9-14;1-11(2)14-7-5-6-13(4,10-14)8-12(3)9-14;/h11-12H,5-10H2,1-4H3;2*11-13H,6-10H2,1-5H3;10-14H,6-9H2,1-5H3;10-11H,5-9H2,1-4H3;11-12H,5-10H2,1-4H3;1H4. The highest BCUT2D eigenvalue weighted by atomic mass is 14.7. The molecule has 0 nitrogen and oxygen atoms in total. The molecule has 0 radical (unpaired) electrons. The van der Waals surface area contributed by atoms with Crippen molar-refractivity contribution in [2.24, 2.45) is 171 Å². The number of fused-ring (bicyclic) bond motifs is 8. The molecule has 14 unspecified atom stereocenters. The van der Waals surface area contributed by atoms with Gasteiger partial charge in [-0.05, 0) is 364 Å². The molecule has 16 aliphatic carbocycles. The Morgan fingerprint density at radius 3 is 0.989 bits per heavy atom. The highest BCUT2D eigenvalue weighted by molar-refractivity contribution is 5.17. The highest BCUT2D eigenvalue weighted by Gasteiger charge is 2.67. The molecule has 16 rings (SSSR count). The maximum Gasteiger partial charge on any atom is -0.0235 e. The first-order valence-electron chi connectivity index (χ1n) is 40.2. The van der Waals surface area contributed by atoms with Crippen LogP contribution in [0.25, 0.3) is 0 Å². The molecule has 14 atom stereocenters. The van der Waals surface area contributed by atoms with Crippen LogP contribution in [0.1, 0.15) is 393 Å². The molecule has 0 heterocycles. The van der Waals surface area contributed by atoms with E-state index in [1.54, 1.807) is 19.3 Å². The lowest BCUT2D eigenvalue weighted by Crippen LogP contribution is -2.56. The third kappa shape index (κ3) is 16.1. The molecule has 16 bridgehead atoms. The summed E-state index contributed by atoms with van der Waals surface area (Å²) in [4.78, 5) is 0. The molecule has 16 saturated carbocycles. The van der Waals surface area contributed by atoms with Gasteiger partial charge in [-0.2, -0.15) is 0 Å². The van der Waals surface area contributed by atoms with Crippen LogP contribution in [0.2, 0.25) is 0 Å². The van der Waals surface area contributed by atoms with E-state index in [4.69, 9.17) is 0 Å². The smallest absolute Gasteiger partial charge is 0.0235 e. The van der Waals surface area contributed by atoms with Crippen molar-refractivity contribution in [1.82, 2.24) is 0 Å². The summed E-state index contributed by atoms with van der Waals surface area (Å²) < 4.78 is 0. The average molecular weight is 1230 g/mol. The van der Waals surface area contributed by atoms with Gasteiger partial charge in [-0.3, -0.25) is 0 Å². The zero-order valence-electron chi connectivity index (χ0n) is 65.2. The number of hydrogen-bond donors (Lipinski definition) is 0. The number of hydrogen-bond acceptors (Lipinski definition) is 0. The first kappa shape index (κ1) is 74.8. The van der Waals surface area contributed by atoms with E-state index in [2.05, 4.69) is 187 Å². The van der Waals surface area contributed by atoms with Crippen LogP contribution >= 0.6 is 0 Å². The summed E-state index contributed by atoms with van der Waals surface area (Å²) in [6.07, 6.45) is 46.7. The van der Waals surface area contributed by atoms with Gasteiger partial charge in [0.2, 0.25) is 0 Å². The van der Waals surface area contributed by atoms with Gasteiger partial charge in [0.25, 0.3) is 0 Å². The van der Waals surface area contributed by atoms with Gasteiger partial charge >= 0.3 is 0 Å². The van der Waals surface area contributed by atoms with E-state index in [1.807, 2.05) is 0 Å². The first-order chi connectivity index (χ1) is 40.2. The zero-order valence-corrected chi connectivity index (χ0v) is 65.2. The predicted molar refractivity (Wildman–Crippen MR) is 394 cm³/mol. The fraction of sp³-hybridized carbons (Fsp3) is 1.00. The molecule has 16 fully saturated rings. The summed E-state index contributed by atoms with van der Waals surface area (Å²) in [6.45, 7) is 67.3. The van der Waals surface area contributed by atoms with Gasteiger partial charge in [-0.1, -0.05) is 201 Å². The van der Waals surface area contributed by atoms with Crippen molar-refractivity contribution < 1.29 is 0 Å². The molecule has 0 N–H and O–H groups in total. The van der Waals surface area contributed by atoms with E-state index in [1.165, 1.54) is 180 Å². The summed E-state index contributed by atoms with van der Waals surface area (Å²) in [6, 6.07) is 0. The molecule has 16 aliphatic rings. The summed E-state index contributed by atoms with van der Waals surface area (Å²) in [7, 11) is 0. The molecule has 0 saturated heterocycles. The van der Waals surface area contributed by atoms with Crippen molar-refractivity contribution in [3.8, 4) is 0 Å². The molecular weight excluding hydrogens is 1070 g/mol. The van der Waals surface area contributed by atoms with Crippen LogP contribution in [0.5, 0.6) is 0 Å². The maximum absolute atomic E-state index is 2.58. The number of rotatable bonds is 6. The van der Waals surface area contributed by atoms with E-state index in [0.29, 0.717) is 48.7 Å². The Morgan fingerprint density at radius 1 is 0.292 bits per heavy atom. The Bertz CT molecular complexity index is 2160. The minimum atomic E-state index is 0.